The molecule has 2 fully saturated rings. The molecular weight excluding hydrogens is 310 g/mol. The zero-order valence-corrected chi connectivity index (χ0v) is 13.6. The predicted octanol–water partition coefficient (Wildman–Crippen LogP) is 2.18. The summed E-state index contributed by atoms with van der Waals surface area (Å²) in [5.41, 5.74) is 0.614. The van der Waals surface area contributed by atoms with Crippen LogP contribution < -0.4 is 4.74 Å². The van der Waals surface area contributed by atoms with Gasteiger partial charge in [0.2, 0.25) is 0 Å². The van der Waals surface area contributed by atoms with Crippen LogP contribution in [0.15, 0.2) is 24.3 Å². The molecule has 1 amide bonds. The van der Waals surface area contributed by atoms with Gasteiger partial charge in [-0.15, -0.1) is 0 Å². The Morgan fingerprint density at radius 2 is 1.67 bits per heavy atom. The van der Waals surface area contributed by atoms with Crippen molar-refractivity contribution in [3.63, 3.8) is 0 Å². The van der Waals surface area contributed by atoms with Gasteiger partial charge in [-0.3, -0.25) is 9.59 Å². The normalized spacial score (nSPS) is 19.9. The second-order valence-electron chi connectivity index (χ2n) is 6.36. The number of carbonyl (C=O) groups is 2. The van der Waals surface area contributed by atoms with Gasteiger partial charge >= 0.3 is 5.97 Å². The Hall–Kier alpha value is -2.08. The molecule has 1 aromatic carbocycles. The van der Waals surface area contributed by atoms with Crippen molar-refractivity contribution in [3.05, 3.63) is 29.8 Å². The fraction of sp³-hybridized carbons (Fsp3) is 0.556. The SMILES string of the molecule is O=C(O)C1CCN(C(=O)c2ccc(OC3CCOCC3)cc2)CC1. The quantitative estimate of drug-likeness (QED) is 0.914. The summed E-state index contributed by atoms with van der Waals surface area (Å²) in [5, 5.41) is 9.02. The third-order valence-electron chi connectivity index (χ3n) is 4.70. The molecule has 24 heavy (non-hydrogen) atoms. The van der Waals surface area contributed by atoms with Gasteiger partial charge in [0.1, 0.15) is 11.9 Å². The molecular formula is C18H23NO5. The number of likely N-dealkylation sites (tertiary alicyclic amines) is 1. The van der Waals surface area contributed by atoms with Crippen LogP contribution >= 0.6 is 0 Å². The maximum atomic E-state index is 12.5. The molecule has 0 aromatic heterocycles. The van der Waals surface area contributed by atoms with Crippen LogP contribution in [0.25, 0.3) is 0 Å². The van der Waals surface area contributed by atoms with Crippen LogP contribution in [-0.4, -0.2) is 54.3 Å². The number of hydrogen-bond donors (Lipinski definition) is 1. The molecule has 3 rings (SSSR count). The Labute approximate surface area is 141 Å². The second-order valence-corrected chi connectivity index (χ2v) is 6.36. The van der Waals surface area contributed by atoms with E-state index in [-0.39, 0.29) is 17.9 Å². The maximum Gasteiger partial charge on any atom is 0.306 e. The lowest BCUT2D eigenvalue weighted by Crippen LogP contribution is -2.40. The lowest BCUT2D eigenvalue weighted by Gasteiger charge is -2.30. The van der Waals surface area contributed by atoms with E-state index in [9.17, 15) is 9.59 Å². The van der Waals surface area contributed by atoms with Gasteiger partial charge in [0.15, 0.2) is 0 Å². The van der Waals surface area contributed by atoms with Crippen LogP contribution in [0.1, 0.15) is 36.0 Å². The lowest BCUT2D eigenvalue weighted by molar-refractivity contribution is -0.143. The number of carbonyl (C=O) groups excluding carboxylic acids is 1. The first-order chi connectivity index (χ1) is 11.6. The van der Waals surface area contributed by atoms with Crippen LogP contribution in [0.3, 0.4) is 0 Å². The number of benzene rings is 1. The van der Waals surface area contributed by atoms with Crippen molar-refractivity contribution in [2.45, 2.75) is 31.8 Å². The van der Waals surface area contributed by atoms with E-state index in [0.29, 0.717) is 31.5 Å². The number of carboxylic acids is 1. The highest BCUT2D eigenvalue weighted by Crippen LogP contribution is 2.22. The first-order valence-corrected chi connectivity index (χ1v) is 8.50. The Morgan fingerprint density at radius 1 is 1.04 bits per heavy atom. The second kappa shape index (κ2) is 7.66. The van der Waals surface area contributed by atoms with E-state index in [4.69, 9.17) is 14.6 Å². The number of amides is 1. The molecule has 0 atom stereocenters. The monoisotopic (exact) mass is 333 g/mol. The molecule has 0 radical (unpaired) electrons. The van der Waals surface area contributed by atoms with E-state index in [2.05, 4.69) is 0 Å². The van der Waals surface area contributed by atoms with Crippen molar-refractivity contribution in [2.24, 2.45) is 5.92 Å². The average Bonchev–Trinajstić information content (AvgIpc) is 2.63. The van der Waals surface area contributed by atoms with Gasteiger partial charge in [-0.25, -0.2) is 0 Å². The molecule has 1 aromatic rings. The summed E-state index contributed by atoms with van der Waals surface area (Å²) in [5.74, 6) is -0.375. The van der Waals surface area contributed by atoms with Crippen LogP contribution in [-0.2, 0) is 9.53 Å². The summed E-state index contributed by atoms with van der Waals surface area (Å²) in [7, 11) is 0. The van der Waals surface area contributed by atoms with Crippen molar-refractivity contribution >= 4 is 11.9 Å². The van der Waals surface area contributed by atoms with Crippen LogP contribution in [0.2, 0.25) is 0 Å². The molecule has 0 bridgehead atoms. The zero-order chi connectivity index (χ0) is 16.9. The molecule has 6 heteroatoms. The van der Waals surface area contributed by atoms with Crippen LogP contribution in [0.5, 0.6) is 5.75 Å². The van der Waals surface area contributed by atoms with E-state index in [1.807, 2.05) is 12.1 Å². The van der Waals surface area contributed by atoms with E-state index in [1.54, 1.807) is 17.0 Å². The summed E-state index contributed by atoms with van der Waals surface area (Å²) in [6.45, 7) is 2.45. The Morgan fingerprint density at radius 3 is 2.25 bits per heavy atom. The summed E-state index contributed by atoms with van der Waals surface area (Å²) in [6, 6.07) is 7.21. The highest BCUT2D eigenvalue weighted by atomic mass is 16.5. The molecule has 2 saturated heterocycles. The number of nitrogens with zero attached hydrogens (tertiary/aromatic N) is 1. The predicted molar refractivity (Wildman–Crippen MR) is 87.2 cm³/mol. The number of rotatable bonds is 4. The van der Waals surface area contributed by atoms with Gasteiger partial charge in [-0.2, -0.15) is 0 Å². The largest absolute Gasteiger partial charge is 0.490 e. The molecule has 0 spiro atoms. The first-order valence-electron chi connectivity index (χ1n) is 8.50. The van der Waals surface area contributed by atoms with E-state index in [1.165, 1.54) is 0 Å². The molecule has 130 valence electrons. The van der Waals surface area contributed by atoms with Crippen molar-refractivity contribution in [3.8, 4) is 5.75 Å². The van der Waals surface area contributed by atoms with Gasteiger partial charge in [-0.1, -0.05) is 0 Å². The minimum atomic E-state index is -0.767. The summed E-state index contributed by atoms with van der Waals surface area (Å²) in [6.07, 6.45) is 2.99. The minimum absolute atomic E-state index is 0.0449. The summed E-state index contributed by atoms with van der Waals surface area (Å²) >= 11 is 0. The van der Waals surface area contributed by atoms with Gasteiger partial charge in [0, 0.05) is 31.5 Å². The number of piperidine rings is 1. The maximum absolute atomic E-state index is 12.5. The molecule has 1 N–H and O–H groups in total. The van der Waals surface area contributed by atoms with Crippen LogP contribution in [0, 0.1) is 5.92 Å². The number of ether oxygens (including phenoxy) is 2. The third kappa shape index (κ3) is 4.06. The molecule has 0 unspecified atom stereocenters. The van der Waals surface area contributed by atoms with Crippen molar-refractivity contribution in [2.75, 3.05) is 26.3 Å². The Balaban J connectivity index is 1.55. The standard InChI is InChI=1S/C18H23NO5/c20-17(19-9-5-14(6-10-19)18(21)22)13-1-3-15(4-2-13)24-16-7-11-23-12-8-16/h1-4,14,16H,5-12H2,(H,21,22). The molecule has 2 aliphatic rings. The fourth-order valence-corrected chi connectivity index (χ4v) is 3.17. The fourth-order valence-electron chi connectivity index (χ4n) is 3.17. The van der Waals surface area contributed by atoms with E-state index < -0.39 is 5.97 Å². The molecule has 2 heterocycles. The highest BCUT2D eigenvalue weighted by molar-refractivity contribution is 5.94. The number of carboxylic acid groups (broad SMARTS) is 1. The van der Waals surface area contributed by atoms with Gasteiger partial charge in [0.05, 0.1) is 19.1 Å². The van der Waals surface area contributed by atoms with Gasteiger partial charge in [-0.05, 0) is 37.1 Å². The van der Waals surface area contributed by atoms with Crippen molar-refractivity contribution in [1.82, 2.24) is 4.90 Å². The summed E-state index contributed by atoms with van der Waals surface area (Å²) < 4.78 is 11.2. The van der Waals surface area contributed by atoms with Gasteiger partial charge in [0.25, 0.3) is 5.91 Å². The topological polar surface area (TPSA) is 76.1 Å². The molecule has 0 saturated carbocycles. The molecule has 6 nitrogen and oxygen atoms in total. The smallest absolute Gasteiger partial charge is 0.306 e. The molecule has 2 aliphatic heterocycles. The van der Waals surface area contributed by atoms with Crippen molar-refractivity contribution < 1.29 is 24.2 Å². The third-order valence-corrected chi connectivity index (χ3v) is 4.70. The van der Waals surface area contributed by atoms with Gasteiger partial charge < -0.3 is 19.5 Å². The number of hydrogen-bond acceptors (Lipinski definition) is 4. The Kier molecular flexibility index (Phi) is 5.35. The summed E-state index contributed by atoms with van der Waals surface area (Å²) in [4.78, 5) is 25.2. The number of aliphatic carboxylic acids is 1. The van der Waals surface area contributed by atoms with Crippen molar-refractivity contribution in [1.29, 1.82) is 0 Å². The Bertz CT molecular complexity index is 572. The first kappa shape index (κ1) is 16.8. The van der Waals surface area contributed by atoms with E-state index >= 15 is 0 Å². The van der Waals surface area contributed by atoms with Crippen LogP contribution in [0.4, 0.5) is 0 Å². The lowest BCUT2D eigenvalue weighted by atomic mass is 9.96. The van der Waals surface area contributed by atoms with E-state index in [0.717, 1.165) is 31.8 Å². The molecule has 0 aliphatic carbocycles. The minimum Gasteiger partial charge on any atom is -0.490 e. The zero-order valence-electron chi connectivity index (χ0n) is 13.6. The highest BCUT2D eigenvalue weighted by Gasteiger charge is 2.27. The average molecular weight is 333 g/mol.